The van der Waals surface area contributed by atoms with Crippen molar-refractivity contribution in [3.8, 4) is 11.5 Å². The van der Waals surface area contributed by atoms with Crippen LogP contribution in [0.15, 0.2) is 73.3 Å². The lowest BCUT2D eigenvalue weighted by molar-refractivity contribution is -0.121. The molecule has 0 radical (unpaired) electrons. The number of para-hydroxylation sites is 2. The number of rotatable bonds is 6. The molecule has 0 aliphatic carbocycles. The summed E-state index contributed by atoms with van der Waals surface area (Å²) >= 11 is 0. The summed E-state index contributed by atoms with van der Waals surface area (Å²) in [5, 5.41) is 3.06. The Kier molecular flexibility index (Phi) is 6.12. The monoisotopic (exact) mass is 388 g/mol. The topological polar surface area (TPSA) is 67.3 Å². The van der Waals surface area contributed by atoms with Gasteiger partial charge in [-0.05, 0) is 55.3 Å². The highest BCUT2D eigenvalue weighted by Crippen LogP contribution is 2.30. The third-order valence-electron chi connectivity index (χ3n) is 5.01. The second-order valence-corrected chi connectivity index (χ2v) is 7.21. The van der Waals surface area contributed by atoms with Crippen molar-refractivity contribution in [1.29, 1.82) is 0 Å². The summed E-state index contributed by atoms with van der Waals surface area (Å²) in [5.74, 6) is 1.22. The summed E-state index contributed by atoms with van der Waals surface area (Å²) in [6.07, 6.45) is 8.90. The maximum absolute atomic E-state index is 13.0. The Morgan fingerprint density at radius 3 is 2.69 bits per heavy atom. The van der Waals surface area contributed by atoms with Crippen molar-refractivity contribution in [2.45, 2.75) is 19.4 Å². The first-order valence-electron chi connectivity index (χ1n) is 9.87. The number of hydrogen-bond acceptors (Lipinski definition) is 5. The van der Waals surface area contributed by atoms with Crippen LogP contribution in [0.4, 0.5) is 5.69 Å². The van der Waals surface area contributed by atoms with Crippen LogP contribution >= 0.6 is 0 Å². The summed E-state index contributed by atoms with van der Waals surface area (Å²) in [5.41, 5.74) is 1.84. The number of nitrogens with zero attached hydrogens (tertiary/aromatic N) is 3. The summed E-state index contributed by atoms with van der Waals surface area (Å²) in [6.45, 7) is 2.56. The molecule has 3 aromatic rings. The third kappa shape index (κ3) is 5.18. The van der Waals surface area contributed by atoms with Gasteiger partial charge < -0.3 is 10.1 Å². The van der Waals surface area contributed by atoms with Crippen molar-refractivity contribution >= 4 is 11.6 Å². The van der Waals surface area contributed by atoms with Gasteiger partial charge in [0.25, 0.3) is 0 Å². The van der Waals surface area contributed by atoms with Gasteiger partial charge in [-0.2, -0.15) is 0 Å². The minimum atomic E-state index is -0.0492. The Morgan fingerprint density at radius 1 is 1.07 bits per heavy atom. The maximum Gasteiger partial charge on any atom is 0.228 e. The number of ether oxygens (including phenoxy) is 1. The van der Waals surface area contributed by atoms with Gasteiger partial charge in [-0.3, -0.25) is 19.7 Å². The molecule has 1 amide bonds. The van der Waals surface area contributed by atoms with E-state index in [-0.39, 0.29) is 11.8 Å². The highest BCUT2D eigenvalue weighted by atomic mass is 16.5. The molecule has 1 saturated heterocycles. The zero-order valence-corrected chi connectivity index (χ0v) is 16.2. The van der Waals surface area contributed by atoms with Crippen LogP contribution in [0.25, 0.3) is 0 Å². The van der Waals surface area contributed by atoms with E-state index < -0.39 is 0 Å². The van der Waals surface area contributed by atoms with E-state index in [1.54, 1.807) is 18.6 Å². The number of pyridine rings is 2. The molecule has 0 bridgehead atoms. The molecule has 6 heteroatoms. The van der Waals surface area contributed by atoms with Gasteiger partial charge in [-0.15, -0.1) is 0 Å². The minimum absolute atomic E-state index is 0.0307. The second-order valence-electron chi connectivity index (χ2n) is 7.21. The van der Waals surface area contributed by atoms with Crippen LogP contribution in [0.3, 0.4) is 0 Å². The molecule has 0 spiro atoms. The Bertz CT molecular complexity index is 934. The standard InChI is InChI=1S/C23H24N4O2/c28-23(19-7-5-13-27(17-19)16-18-6-3-11-24-14-18)26-21-9-1-2-10-22(21)29-20-8-4-12-25-15-20/h1-4,6,8-12,14-15,19H,5,7,13,16-17H2,(H,26,28)/t19-/m0/s1. The molecule has 1 fully saturated rings. The molecule has 4 rings (SSSR count). The van der Waals surface area contributed by atoms with E-state index in [2.05, 4.69) is 26.3 Å². The normalized spacial score (nSPS) is 16.9. The van der Waals surface area contributed by atoms with Crippen LogP contribution in [-0.4, -0.2) is 33.9 Å². The predicted molar refractivity (Wildman–Crippen MR) is 112 cm³/mol. The van der Waals surface area contributed by atoms with E-state index in [1.165, 1.54) is 5.56 Å². The molecule has 1 N–H and O–H groups in total. The Hall–Kier alpha value is -3.25. The molecule has 1 atom stereocenters. The lowest BCUT2D eigenvalue weighted by atomic mass is 9.96. The first-order chi connectivity index (χ1) is 14.3. The van der Waals surface area contributed by atoms with E-state index in [0.717, 1.165) is 32.5 Å². The molecular formula is C23H24N4O2. The van der Waals surface area contributed by atoms with Crippen LogP contribution in [0, 0.1) is 5.92 Å². The van der Waals surface area contributed by atoms with Gasteiger partial charge in [0.2, 0.25) is 5.91 Å². The number of aromatic nitrogens is 2. The van der Waals surface area contributed by atoms with Crippen molar-refractivity contribution in [2.75, 3.05) is 18.4 Å². The van der Waals surface area contributed by atoms with Crippen LogP contribution in [0.5, 0.6) is 11.5 Å². The highest BCUT2D eigenvalue weighted by molar-refractivity contribution is 5.94. The van der Waals surface area contributed by atoms with Crippen molar-refractivity contribution in [3.63, 3.8) is 0 Å². The first-order valence-corrected chi connectivity index (χ1v) is 9.87. The summed E-state index contributed by atoms with van der Waals surface area (Å²) in [6, 6.07) is 15.2. The smallest absolute Gasteiger partial charge is 0.228 e. The molecule has 148 valence electrons. The van der Waals surface area contributed by atoms with Crippen molar-refractivity contribution in [2.24, 2.45) is 5.92 Å². The number of nitrogens with one attached hydrogen (secondary N) is 1. The van der Waals surface area contributed by atoms with Gasteiger partial charge in [-0.1, -0.05) is 18.2 Å². The number of hydrogen-bond donors (Lipinski definition) is 1. The average Bonchev–Trinajstić information content (AvgIpc) is 2.77. The van der Waals surface area contributed by atoms with Crippen molar-refractivity contribution in [3.05, 3.63) is 78.9 Å². The van der Waals surface area contributed by atoms with Gasteiger partial charge in [0.15, 0.2) is 5.75 Å². The summed E-state index contributed by atoms with van der Waals surface area (Å²) in [7, 11) is 0. The Morgan fingerprint density at radius 2 is 1.90 bits per heavy atom. The van der Waals surface area contributed by atoms with Gasteiger partial charge in [0, 0.05) is 31.7 Å². The van der Waals surface area contributed by atoms with E-state index >= 15 is 0 Å². The predicted octanol–water partition coefficient (Wildman–Crippen LogP) is 4.12. The Labute approximate surface area is 170 Å². The first kappa shape index (κ1) is 19.1. The Balaban J connectivity index is 1.40. The number of likely N-dealkylation sites (tertiary alicyclic amines) is 1. The quantitative estimate of drug-likeness (QED) is 0.688. The molecule has 1 aliphatic rings. The van der Waals surface area contributed by atoms with Crippen molar-refractivity contribution in [1.82, 2.24) is 14.9 Å². The third-order valence-corrected chi connectivity index (χ3v) is 5.01. The van der Waals surface area contributed by atoms with Gasteiger partial charge >= 0.3 is 0 Å². The lowest BCUT2D eigenvalue weighted by Gasteiger charge is -2.32. The van der Waals surface area contributed by atoms with Gasteiger partial charge in [0.1, 0.15) is 5.75 Å². The zero-order chi connectivity index (χ0) is 19.9. The van der Waals surface area contributed by atoms with E-state index in [4.69, 9.17) is 4.74 Å². The second kappa shape index (κ2) is 9.30. The fourth-order valence-corrected chi connectivity index (χ4v) is 3.59. The number of carbonyl (C=O) groups is 1. The molecule has 1 aliphatic heterocycles. The fraction of sp³-hybridized carbons (Fsp3) is 0.261. The van der Waals surface area contributed by atoms with Gasteiger partial charge in [-0.25, -0.2) is 0 Å². The molecular weight excluding hydrogens is 364 g/mol. The number of benzene rings is 1. The highest BCUT2D eigenvalue weighted by Gasteiger charge is 2.26. The number of anilines is 1. The SMILES string of the molecule is O=C(Nc1ccccc1Oc1cccnc1)[C@H]1CCCN(Cc2cccnc2)C1. The fourth-order valence-electron chi connectivity index (χ4n) is 3.59. The van der Waals surface area contributed by atoms with Crippen LogP contribution < -0.4 is 10.1 Å². The number of carbonyl (C=O) groups excluding carboxylic acids is 1. The van der Waals surface area contributed by atoms with Crippen LogP contribution in [0.1, 0.15) is 18.4 Å². The van der Waals surface area contributed by atoms with E-state index in [1.807, 2.05) is 48.7 Å². The largest absolute Gasteiger partial charge is 0.454 e. The van der Waals surface area contributed by atoms with E-state index in [0.29, 0.717) is 17.2 Å². The van der Waals surface area contributed by atoms with Crippen molar-refractivity contribution < 1.29 is 9.53 Å². The molecule has 0 saturated carbocycles. The summed E-state index contributed by atoms with van der Waals surface area (Å²) < 4.78 is 5.90. The number of piperidine rings is 1. The zero-order valence-electron chi connectivity index (χ0n) is 16.2. The minimum Gasteiger partial charge on any atom is -0.454 e. The molecule has 3 heterocycles. The molecule has 2 aromatic heterocycles. The van der Waals surface area contributed by atoms with Crippen LogP contribution in [0.2, 0.25) is 0 Å². The number of amides is 1. The average molecular weight is 388 g/mol. The van der Waals surface area contributed by atoms with Crippen LogP contribution in [-0.2, 0) is 11.3 Å². The summed E-state index contributed by atoms with van der Waals surface area (Å²) in [4.78, 5) is 23.5. The lowest BCUT2D eigenvalue weighted by Crippen LogP contribution is -2.40. The van der Waals surface area contributed by atoms with Gasteiger partial charge in [0.05, 0.1) is 17.8 Å². The molecule has 6 nitrogen and oxygen atoms in total. The molecule has 29 heavy (non-hydrogen) atoms. The van der Waals surface area contributed by atoms with E-state index in [9.17, 15) is 4.79 Å². The maximum atomic E-state index is 13.0. The molecule has 1 aromatic carbocycles. The molecule has 0 unspecified atom stereocenters.